The van der Waals surface area contributed by atoms with E-state index in [0.29, 0.717) is 33.9 Å². The Morgan fingerprint density at radius 3 is 1.31 bits per heavy atom. The molecule has 0 N–H and O–H groups in total. The smallest absolute Gasteiger partial charge is 0.444 e. The van der Waals surface area contributed by atoms with E-state index in [0.717, 1.165) is 9.80 Å². The number of rotatable bonds is 8. The second kappa shape index (κ2) is 12.9. The summed E-state index contributed by atoms with van der Waals surface area (Å²) in [7, 11) is 0. The zero-order valence-electron chi connectivity index (χ0n) is 29.1. The second-order valence-corrected chi connectivity index (χ2v) is 13.6. The molecular weight excluding hydrogens is 708 g/mol. The van der Waals surface area contributed by atoms with Crippen LogP contribution in [0.3, 0.4) is 0 Å². The number of hydrogen-bond acceptors (Lipinski definition) is 11. The van der Waals surface area contributed by atoms with Gasteiger partial charge in [0.1, 0.15) is 13.2 Å². The molecule has 2 aromatic carbocycles. The van der Waals surface area contributed by atoms with Crippen LogP contribution < -0.4 is 8.97 Å². The first kappa shape index (κ1) is 34.0. The lowest BCUT2D eigenvalue weighted by molar-refractivity contribution is -0.137. The standard InChI is InChI=1S/C40H32N6O9/c47-33-21-19-31(43(33)39(51)53-23-25-7-3-1-4-8-25)35(49)45(27-11-12-28(45)14-13-27)37-41-42-38(55-37)46(29-15-16-30(46)18-17-29)36(50)32-20-22-34(48)44(32)40(52)54-24-26-9-5-2-6-10-26/h1-18,31-32H,19-24H2/q+2/t31-,32-/m0/s1. The molecule has 0 aliphatic carbocycles. The molecule has 274 valence electrons. The zero-order valence-corrected chi connectivity index (χ0v) is 29.1. The summed E-state index contributed by atoms with van der Waals surface area (Å²) in [5, 5.41) is 8.73. The number of fused-ring (bicyclic) bond motifs is 4. The molecule has 0 unspecified atom stereocenters. The Morgan fingerprint density at radius 1 is 0.600 bits per heavy atom. The number of carbonyl (C=O) groups is 6. The molecule has 9 rings (SSSR count). The monoisotopic (exact) mass is 740 g/mol. The molecule has 7 heterocycles. The summed E-state index contributed by atoms with van der Waals surface area (Å²) in [6.07, 6.45) is 11.7. The maximum absolute atomic E-state index is 14.9. The SMILES string of the molecule is O=C1CC[C@@H](C(=O)[N+]2(c3nnc([N+]4(C(=O)[C@@H]5CCC(=O)N5C(=O)OCc5ccccc5)C5=CC=C4C=C5)o3)C3=CC=C2C=C3)N1C(=O)OCc1ccccc1. The first-order chi connectivity index (χ1) is 26.7. The van der Waals surface area contributed by atoms with Gasteiger partial charge < -0.3 is 13.9 Å². The van der Waals surface area contributed by atoms with Crippen LogP contribution in [0.4, 0.5) is 21.6 Å². The average molecular weight is 741 g/mol. The minimum Gasteiger partial charge on any atom is -0.444 e. The third-order valence-electron chi connectivity index (χ3n) is 10.7. The molecule has 6 aliphatic rings. The van der Waals surface area contributed by atoms with Gasteiger partial charge in [-0.15, -0.1) is 8.97 Å². The van der Waals surface area contributed by atoms with E-state index in [1.54, 1.807) is 97.1 Å². The fourth-order valence-electron chi connectivity index (χ4n) is 8.03. The summed E-state index contributed by atoms with van der Waals surface area (Å²) >= 11 is 0. The van der Waals surface area contributed by atoms with Gasteiger partial charge in [-0.1, -0.05) is 60.7 Å². The minimum atomic E-state index is -1.24. The van der Waals surface area contributed by atoms with Gasteiger partial charge in [0.2, 0.25) is 11.8 Å². The normalized spacial score (nSPS) is 22.2. The minimum absolute atomic E-state index is 0.0355. The number of quaternary nitrogens is 2. The number of allylic oxidation sites excluding steroid dienone is 8. The quantitative estimate of drug-likeness (QED) is 0.282. The third-order valence-corrected chi connectivity index (χ3v) is 10.7. The summed E-state index contributed by atoms with van der Waals surface area (Å²) in [6, 6.07) is 15.0. The van der Waals surface area contributed by atoms with Crippen LogP contribution in [0.25, 0.3) is 0 Å². The Hall–Kier alpha value is -6.84. The van der Waals surface area contributed by atoms with Gasteiger partial charge >= 0.3 is 36.0 Å². The van der Waals surface area contributed by atoms with Crippen LogP contribution in [-0.4, -0.2) is 67.9 Å². The van der Waals surface area contributed by atoms with E-state index in [1.807, 2.05) is 12.1 Å². The van der Waals surface area contributed by atoms with Gasteiger partial charge in [-0.05, 0) is 34.2 Å². The number of hydrogen-bond donors (Lipinski definition) is 0. The number of aromatic nitrogens is 2. The highest BCUT2D eigenvalue weighted by Gasteiger charge is 2.65. The number of nitrogens with zero attached hydrogens (tertiary/aromatic N) is 6. The van der Waals surface area contributed by atoms with Gasteiger partial charge in [0.25, 0.3) is 0 Å². The van der Waals surface area contributed by atoms with E-state index in [2.05, 4.69) is 10.2 Å². The van der Waals surface area contributed by atoms with E-state index in [-0.39, 0.29) is 50.9 Å². The maximum Gasteiger partial charge on any atom is 0.447 e. The van der Waals surface area contributed by atoms with Gasteiger partial charge in [0.05, 0.1) is 0 Å². The molecule has 2 fully saturated rings. The molecular formula is C40H32N6O9+2. The molecule has 0 radical (unpaired) electrons. The maximum atomic E-state index is 14.9. The van der Waals surface area contributed by atoms with Gasteiger partial charge in [0.15, 0.2) is 34.9 Å². The topological polar surface area (TPSA) is 166 Å². The Kier molecular flexibility index (Phi) is 7.98. The summed E-state index contributed by atoms with van der Waals surface area (Å²) in [5.74, 6) is -2.33. The number of amides is 6. The number of ether oxygens (including phenoxy) is 2. The van der Waals surface area contributed by atoms with Crippen molar-refractivity contribution < 1.29 is 42.7 Å². The van der Waals surface area contributed by atoms with Crippen LogP contribution in [0.15, 0.2) is 136 Å². The lowest BCUT2D eigenvalue weighted by Crippen LogP contribution is -2.58. The first-order valence-electron chi connectivity index (χ1n) is 17.7. The summed E-state index contributed by atoms with van der Waals surface area (Å²) in [5.41, 5.74) is 3.14. The van der Waals surface area contributed by atoms with Crippen molar-refractivity contribution in [3.63, 3.8) is 0 Å². The van der Waals surface area contributed by atoms with Crippen molar-refractivity contribution in [1.82, 2.24) is 29.0 Å². The molecule has 1 aromatic heterocycles. The van der Waals surface area contributed by atoms with Crippen LogP contribution >= 0.6 is 0 Å². The number of carbonyl (C=O) groups excluding carboxylic acids is 6. The third kappa shape index (κ3) is 5.04. The van der Waals surface area contributed by atoms with E-state index in [1.165, 1.54) is 0 Å². The van der Waals surface area contributed by atoms with Crippen LogP contribution in [0.5, 0.6) is 0 Å². The Balaban J connectivity index is 1.04. The highest BCUT2D eigenvalue weighted by molar-refractivity contribution is 6.08. The fourth-order valence-corrected chi connectivity index (χ4v) is 8.03. The molecule has 2 atom stereocenters. The van der Waals surface area contributed by atoms with Crippen LogP contribution in [0.1, 0.15) is 36.8 Å². The molecule has 0 spiro atoms. The average Bonchev–Trinajstić information content (AvgIpc) is 4.09. The molecule has 55 heavy (non-hydrogen) atoms. The number of likely N-dealkylation sites (tertiary alicyclic amines) is 2. The van der Waals surface area contributed by atoms with Gasteiger partial charge in [-0.3, -0.25) is 9.59 Å². The molecule has 15 nitrogen and oxygen atoms in total. The van der Waals surface area contributed by atoms with Gasteiger partial charge in [-0.25, -0.2) is 29.0 Å². The van der Waals surface area contributed by atoms with Crippen molar-refractivity contribution in [2.24, 2.45) is 0 Å². The Labute approximate surface area is 313 Å². The molecule has 4 bridgehead atoms. The zero-order chi connectivity index (χ0) is 37.9. The van der Waals surface area contributed by atoms with Crippen molar-refractivity contribution in [3.05, 3.63) is 143 Å². The Bertz CT molecular complexity index is 2180. The molecule has 3 aromatic rings. The molecule has 6 amide bonds. The highest BCUT2D eigenvalue weighted by atomic mass is 16.6. The van der Waals surface area contributed by atoms with Crippen molar-refractivity contribution in [2.45, 2.75) is 51.0 Å². The predicted molar refractivity (Wildman–Crippen MR) is 192 cm³/mol. The molecule has 15 heteroatoms. The van der Waals surface area contributed by atoms with Crippen LogP contribution in [0.2, 0.25) is 0 Å². The largest absolute Gasteiger partial charge is 0.447 e. The van der Waals surface area contributed by atoms with E-state index < -0.39 is 56.9 Å². The summed E-state index contributed by atoms with van der Waals surface area (Å²) < 4.78 is 15.9. The lowest BCUT2D eigenvalue weighted by atomic mass is 10.1. The predicted octanol–water partition coefficient (Wildman–Crippen LogP) is 5.10. The lowest BCUT2D eigenvalue weighted by Gasteiger charge is -2.31. The van der Waals surface area contributed by atoms with Crippen LogP contribution in [0, 0.1) is 0 Å². The fraction of sp³-hybridized carbons (Fsp3) is 0.200. The Morgan fingerprint density at radius 2 is 0.964 bits per heavy atom. The summed E-state index contributed by atoms with van der Waals surface area (Å²) in [6.45, 7) is -0.199. The number of benzene rings is 2. The molecule has 6 aliphatic heterocycles. The number of imide groups is 2. The van der Waals surface area contributed by atoms with Crippen molar-refractivity contribution in [2.75, 3.05) is 0 Å². The van der Waals surface area contributed by atoms with Crippen molar-refractivity contribution in [3.8, 4) is 0 Å². The van der Waals surface area contributed by atoms with E-state index in [4.69, 9.17) is 13.9 Å². The first-order valence-corrected chi connectivity index (χ1v) is 17.7. The van der Waals surface area contributed by atoms with E-state index >= 15 is 0 Å². The van der Waals surface area contributed by atoms with Crippen molar-refractivity contribution in [1.29, 1.82) is 0 Å². The van der Waals surface area contributed by atoms with Gasteiger partial charge in [0, 0.05) is 61.4 Å². The molecule has 0 saturated carbocycles. The molecule has 2 saturated heterocycles. The van der Waals surface area contributed by atoms with E-state index in [9.17, 15) is 28.8 Å². The second-order valence-electron chi connectivity index (χ2n) is 13.6. The van der Waals surface area contributed by atoms with Crippen molar-refractivity contribution >= 4 is 47.8 Å². The highest BCUT2D eigenvalue weighted by Crippen LogP contribution is 2.50. The van der Waals surface area contributed by atoms with Crippen LogP contribution in [-0.2, 0) is 41.9 Å². The summed E-state index contributed by atoms with van der Waals surface area (Å²) in [4.78, 5) is 84.6. The van der Waals surface area contributed by atoms with Gasteiger partial charge in [-0.2, -0.15) is 0 Å².